The van der Waals surface area contributed by atoms with Gasteiger partial charge < -0.3 is 15.8 Å². The lowest BCUT2D eigenvalue weighted by Gasteiger charge is -2.17. The number of carbonyl (C=O) groups is 1. The molecule has 0 bridgehead atoms. The molecule has 0 atom stereocenters. The van der Waals surface area contributed by atoms with Gasteiger partial charge in [-0.25, -0.2) is 0 Å². The van der Waals surface area contributed by atoms with E-state index >= 15 is 0 Å². The number of amides is 1. The molecule has 0 aliphatic heterocycles. The van der Waals surface area contributed by atoms with Gasteiger partial charge in [0.15, 0.2) is 12.4 Å². The van der Waals surface area contributed by atoms with E-state index < -0.39 is 0 Å². The zero-order chi connectivity index (χ0) is 15.2. The second-order valence-electron chi connectivity index (χ2n) is 5.36. The van der Waals surface area contributed by atoms with Gasteiger partial charge in [-0.15, -0.1) is 0 Å². The minimum Gasteiger partial charge on any atom is -0.481 e. The molecule has 0 radical (unpaired) electrons. The molecule has 0 saturated heterocycles. The molecule has 1 aromatic carbocycles. The third kappa shape index (κ3) is 4.97. The number of nitrogens with two attached hydrogens (primary N) is 1. The fourth-order valence-corrected chi connectivity index (χ4v) is 3.16. The Morgan fingerprint density at radius 1 is 1.19 bits per heavy atom. The van der Waals surface area contributed by atoms with Crippen LogP contribution in [0.2, 0.25) is 10.0 Å². The Bertz CT molecular complexity index is 477. The lowest BCUT2D eigenvalue weighted by atomic mass is 10.1. The maximum Gasteiger partial charge on any atom is 0.258 e. The van der Waals surface area contributed by atoms with E-state index in [-0.39, 0.29) is 18.6 Å². The summed E-state index contributed by atoms with van der Waals surface area (Å²) in [5.41, 5.74) is 6.08. The van der Waals surface area contributed by atoms with Crippen molar-refractivity contribution in [1.82, 2.24) is 5.32 Å². The van der Waals surface area contributed by atoms with Crippen molar-refractivity contribution in [3.63, 3.8) is 0 Å². The van der Waals surface area contributed by atoms with E-state index in [1.807, 2.05) is 0 Å². The van der Waals surface area contributed by atoms with Gasteiger partial charge in [-0.2, -0.15) is 0 Å². The minimum absolute atomic E-state index is 0.0974. The summed E-state index contributed by atoms with van der Waals surface area (Å²) in [5, 5.41) is 3.62. The van der Waals surface area contributed by atoms with Crippen molar-refractivity contribution in [2.24, 2.45) is 0 Å². The van der Waals surface area contributed by atoms with Gasteiger partial charge in [-0.3, -0.25) is 4.79 Å². The first kappa shape index (κ1) is 16.2. The van der Waals surface area contributed by atoms with Gasteiger partial charge >= 0.3 is 0 Å². The van der Waals surface area contributed by atoms with Crippen molar-refractivity contribution in [3.8, 4) is 5.75 Å². The first-order valence-electron chi connectivity index (χ1n) is 7.23. The highest BCUT2D eigenvalue weighted by molar-refractivity contribution is 6.37. The summed E-state index contributed by atoms with van der Waals surface area (Å²) in [6.45, 7) is -0.0974. The average Bonchev–Trinajstić information content (AvgIpc) is 2.66. The van der Waals surface area contributed by atoms with Gasteiger partial charge in [-0.05, 0) is 25.0 Å². The lowest BCUT2D eigenvalue weighted by Crippen LogP contribution is -2.37. The minimum atomic E-state index is -0.147. The van der Waals surface area contributed by atoms with Crippen molar-refractivity contribution >= 4 is 34.8 Å². The molecule has 0 heterocycles. The van der Waals surface area contributed by atoms with Crippen molar-refractivity contribution in [3.05, 3.63) is 22.2 Å². The van der Waals surface area contributed by atoms with Crippen LogP contribution in [0.4, 0.5) is 5.69 Å². The molecule has 0 spiro atoms. The van der Waals surface area contributed by atoms with Gasteiger partial charge in [0, 0.05) is 11.7 Å². The number of rotatable bonds is 4. The highest BCUT2D eigenvalue weighted by atomic mass is 35.5. The maximum atomic E-state index is 11.9. The number of hydrogen-bond donors (Lipinski definition) is 2. The van der Waals surface area contributed by atoms with Crippen LogP contribution in [0.5, 0.6) is 5.75 Å². The summed E-state index contributed by atoms with van der Waals surface area (Å²) in [6, 6.07) is 3.35. The van der Waals surface area contributed by atoms with Crippen molar-refractivity contribution in [2.45, 2.75) is 44.6 Å². The van der Waals surface area contributed by atoms with Crippen LogP contribution in [0.3, 0.4) is 0 Å². The predicted molar refractivity (Wildman–Crippen MR) is 86.0 cm³/mol. The predicted octanol–water partition coefficient (Wildman–Crippen LogP) is 3.79. The molecule has 1 amide bonds. The van der Waals surface area contributed by atoms with Gasteiger partial charge in [-0.1, -0.05) is 48.9 Å². The van der Waals surface area contributed by atoms with Crippen molar-refractivity contribution in [2.75, 3.05) is 12.3 Å². The van der Waals surface area contributed by atoms with Crippen LogP contribution in [0.15, 0.2) is 12.1 Å². The largest absolute Gasteiger partial charge is 0.481 e. The number of halogens is 2. The molecule has 2 rings (SSSR count). The van der Waals surface area contributed by atoms with Crippen LogP contribution in [0, 0.1) is 0 Å². The maximum absolute atomic E-state index is 11.9. The van der Waals surface area contributed by atoms with E-state index in [9.17, 15) is 4.79 Å². The number of nitrogens with one attached hydrogen (secondary N) is 1. The molecule has 1 fully saturated rings. The van der Waals surface area contributed by atoms with Crippen LogP contribution in [0.25, 0.3) is 0 Å². The number of anilines is 1. The molecule has 3 N–H and O–H groups in total. The summed E-state index contributed by atoms with van der Waals surface area (Å²) in [6.07, 6.45) is 6.91. The molecular formula is C15H20Cl2N2O2. The highest BCUT2D eigenvalue weighted by Gasteiger charge is 2.16. The number of carbonyl (C=O) groups excluding carboxylic acids is 1. The molecule has 21 heavy (non-hydrogen) atoms. The van der Waals surface area contributed by atoms with Crippen LogP contribution >= 0.6 is 23.2 Å². The van der Waals surface area contributed by atoms with E-state index in [2.05, 4.69) is 5.32 Å². The Balaban J connectivity index is 1.86. The Morgan fingerprint density at radius 2 is 1.76 bits per heavy atom. The summed E-state index contributed by atoms with van der Waals surface area (Å²) < 4.78 is 5.43. The highest BCUT2D eigenvalue weighted by Crippen LogP contribution is 2.34. The number of nitrogen functional groups attached to an aromatic ring is 1. The molecule has 6 heteroatoms. The smallest absolute Gasteiger partial charge is 0.258 e. The third-order valence-electron chi connectivity index (χ3n) is 3.59. The van der Waals surface area contributed by atoms with Gasteiger partial charge in [0.05, 0.1) is 10.0 Å². The second kappa shape index (κ2) is 7.76. The average molecular weight is 331 g/mol. The van der Waals surface area contributed by atoms with Crippen LogP contribution < -0.4 is 15.8 Å². The molecule has 1 aromatic rings. The summed E-state index contributed by atoms with van der Waals surface area (Å²) in [7, 11) is 0. The molecule has 1 aliphatic carbocycles. The molecule has 0 aromatic heterocycles. The van der Waals surface area contributed by atoms with Gasteiger partial charge in [0.1, 0.15) is 0 Å². The zero-order valence-electron chi connectivity index (χ0n) is 11.8. The van der Waals surface area contributed by atoms with E-state index in [1.165, 1.54) is 25.7 Å². The molecule has 4 nitrogen and oxygen atoms in total. The van der Waals surface area contributed by atoms with E-state index in [0.717, 1.165) is 12.8 Å². The molecule has 1 aliphatic rings. The van der Waals surface area contributed by atoms with Gasteiger partial charge in [0.2, 0.25) is 0 Å². The Kier molecular flexibility index (Phi) is 6.00. The van der Waals surface area contributed by atoms with Crippen molar-refractivity contribution in [1.29, 1.82) is 0 Å². The molecule has 116 valence electrons. The SMILES string of the molecule is Nc1cc(Cl)c(OCC(=O)NC2CCCCCC2)c(Cl)c1. The Morgan fingerprint density at radius 3 is 2.33 bits per heavy atom. The topological polar surface area (TPSA) is 64.3 Å². The lowest BCUT2D eigenvalue weighted by molar-refractivity contribution is -0.123. The Hall–Kier alpha value is -1.13. The molecular weight excluding hydrogens is 311 g/mol. The van der Waals surface area contributed by atoms with E-state index in [0.29, 0.717) is 21.5 Å². The molecule has 0 unspecified atom stereocenters. The van der Waals surface area contributed by atoms with E-state index in [1.54, 1.807) is 12.1 Å². The summed E-state index contributed by atoms with van der Waals surface area (Å²) >= 11 is 12.0. The fraction of sp³-hybridized carbons (Fsp3) is 0.533. The summed E-state index contributed by atoms with van der Waals surface area (Å²) in [4.78, 5) is 11.9. The molecule has 1 saturated carbocycles. The summed E-state index contributed by atoms with van der Waals surface area (Å²) in [5.74, 6) is 0.148. The van der Waals surface area contributed by atoms with Crippen LogP contribution in [-0.4, -0.2) is 18.6 Å². The van der Waals surface area contributed by atoms with E-state index in [4.69, 9.17) is 33.7 Å². The quantitative estimate of drug-likeness (QED) is 0.652. The Labute approximate surface area is 134 Å². The van der Waals surface area contributed by atoms with Crippen molar-refractivity contribution < 1.29 is 9.53 Å². The number of benzene rings is 1. The first-order chi connectivity index (χ1) is 10.1. The monoisotopic (exact) mass is 330 g/mol. The van der Waals surface area contributed by atoms with Crippen LogP contribution in [-0.2, 0) is 4.79 Å². The standard InChI is InChI=1S/C15H20Cl2N2O2/c16-12-7-10(18)8-13(17)15(12)21-9-14(20)19-11-5-3-1-2-4-6-11/h7-8,11H,1-6,9,18H2,(H,19,20). The number of hydrogen-bond acceptors (Lipinski definition) is 3. The first-order valence-corrected chi connectivity index (χ1v) is 7.98. The van der Waals surface area contributed by atoms with Gasteiger partial charge in [0.25, 0.3) is 5.91 Å². The zero-order valence-corrected chi connectivity index (χ0v) is 13.3. The van der Waals surface area contributed by atoms with Crippen LogP contribution in [0.1, 0.15) is 38.5 Å². The fourth-order valence-electron chi connectivity index (χ4n) is 2.55. The third-order valence-corrected chi connectivity index (χ3v) is 4.15. The second-order valence-corrected chi connectivity index (χ2v) is 6.17. The normalized spacial score (nSPS) is 16.3. The number of ether oxygens (including phenoxy) is 1.